The fraction of sp³-hybridized carbons (Fsp3) is 0.800. The van der Waals surface area contributed by atoms with E-state index in [-0.39, 0.29) is 0 Å². The van der Waals surface area contributed by atoms with Crippen LogP contribution in [0.15, 0.2) is 5.10 Å². The van der Waals surface area contributed by atoms with E-state index in [0.29, 0.717) is 0 Å². The highest BCUT2D eigenvalue weighted by Crippen LogP contribution is 1.80. The first-order valence-corrected chi connectivity index (χ1v) is 2.71. The quantitative estimate of drug-likeness (QED) is 0.252. The Balaban J connectivity index is 2.82. The largest absolute Gasteiger partial charge is 0.299 e. The fourth-order valence-corrected chi connectivity index (χ4v) is 0.344. The van der Waals surface area contributed by atoms with Crippen LogP contribution in [0.2, 0.25) is 0 Å². The highest BCUT2D eigenvalue weighted by molar-refractivity contribution is 5.31. The second kappa shape index (κ2) is 6.18. The molecule has 0 spiro atoms. The van der Waals surface area contributed by atoms with Crippen molar-refractivity contribution in [3.8, 4) is 0 Å². The summed E-state index contributed by atoms with van der Waals surface area (Å²) in [6, 6.07) is 0. The van der Waals surface area contributed by atoms with Gasteiger partial charge in [0.25, 0.3) is 6.08 Å². The number of hydrogen-bond acceptors (Lipinski definition) is 3. The Morgan fingerprint density at radius 3 is 3.00 bits per heavy atom. The Morgan fingerprint density at radius 2 is 2.50 bits per heavy atom. The molecule has 0 saturated heterocycles. The van der Waals surface area contributed by atoms with Crippen LogP contribution >= 0.6 is 0 Å². The Kier molecular flexibility index (Phi) is 5.55. The van der Waals surface area contributed by atoms with Crippen LogP contribution in [0.4, 0.5) is 0 Å². The highest BCUT2D eigenvalue weighted by atomic mass is 16.1. The topological polar surface area (TPSA) is 41.5 Å². The van der Waals surface area contributed by atoms with Gasteiger partial charge < -0.3 is 0 Å². The van der Waals surface area contributed by atoms with E-state index in [2.05, 4.69) is 17.5 Å². The molecule has 0 saturated carbocycles. The summed E-state index contributed by atoms with van der Waals surface area (Å²) in [6.07, 6.45) is 3.55. The first kappa shape index (κ1) is 7.18. The van der Waals surface area contributed by atoms with Crippen LogP contribution < -0.4 is 5.43 Å². The van der Waals surface area contributed by atoms with Crippen molar-refractivity contribution in [3.63, 3.8) is 0 Å². The van der Waals surface area contributed by atoms with E-state index in [1.807, 2.05) is 0 Å². The number of nitrogens with zero attached hydrogens (tertiary/aromatic N) is 1. The molecule has 0 aromatic heterocycles. The molecule has 1 N–H and O–H groups in total. The third kappa shape index (κ3) is 5.18. The minimum atomic E-state index is 0.770. The minimum Gasteiger partial charge on any atom is -0.299 e. The summed E-state index contributed by atoms with van der Waals surface area (Å²) in [4.78, 5) is 9.41. The van der Waals surface area contributed by atoms with Crippen LogP contribution in [0.5, 0.6) is 0 Å². The number of nitrogens with one attached hydrogen (secondary N) is 1. The lowest BCUT2D eigenvalue weighted by Gasteiger charge is -1.91. The molecule has 0 aliphatic heterocycles. The van der Waals surface area contributed by atoms with Crippen LogP contribution in [-0.2, 0) is 4.79 Å². The Morgan fingerprint density at radius 1 is 1.75 bits per heavy atom. The molecule has 8 heavy (non-hydrogen) atoms. The van der Waals surface area contributed by atoms with Crippen LogP contribution in [0.3, 0.4) is 0 Å². The lowest BCUT2D eigenvalue weighted by atomic mass is 10.3. The molecule has 0 bridgehead atoms. The molecule has 0 fully saturated rings. The molecule has 0 atom stereocenters. The zero-order valence-corrected chi connectivity index (χ0v) is 4.98. The molecule has 46 valence electrons. The predicted molar refractivity (Wildman–Crippen MR) is 31.0 cm³/mol. The van der Waals surface area contributed by atoms with E-state index in [4.69, 9.17) is 0 Å². The van der Waals surface area contributed by atoms with Crippen molar-refractivity contribution in [2.24, 2.45) is 5.10 Å². The Labute approximate surface area is 48.8 Å². The molecule has 0 aliphatic rings. The smallest absolute Gasteiger partial charge is 0.258 e. The normalized spacial score (nSPS) is 7.62. The van der Waals surface area contributed by atoms with Crippen LogP contribution in [0, 0.1) is 0 Å². The molecule has 0 radical (unpaired) electrons. The summed E-state index contributed by atoms with van der Waals surface area (Å²) >= 11 is 0. The van der Waals surface area contributed by atoms with E-state index < -0.39 is 0 Å². The fourth-order valence-electron chi connectivity index (χ4n) is 0.344. The molecule has 0 unspecified atom stereocenters. The van der Waals surface area contributed by atoms with Crippen molar-refractivity contribution >= 4 is 6.08 Å². The summed E-state index contributed by atoms with van der Waals surface area (Å²) in [5.74, 6) is 0. The number of unbranched alkanes of at least 4 members (excludes halogenated alkanes) is 1. The van der Waals surface area contributed by atoms with Crippen LogP contribution in [0.25, 0.3) is 0 Å². The maximum atomic E-state index is 9.41. The van der Waals surface area contributed by atoms with Crippen molar-refractivity contribution < 1.29 is 4.79 Å². The summed E-state index contributed by atoms with van der Waals surface area (Å²) < 4.78 is 0. The van der Waals surface area contributed by atoms with Gasteiger partial charge in [0, 0.05) is 6.54 Å². The van der Waals surface area contributed by atoms with Gasteiger partial charge >= 0.3 is 0 Å². The van der Waals surface area contributed by atoms with Gasteiger partial charge in [0.2, 0.25) is 0 Å². The van der Waals surface area contributed by atoms with Gasteiger partial charge in [0.1, 0.15) is 0 Å². The van der Waals surface area contributed by atoms with Crippen molar-refractivity contribution in [1.82, 2.24) is 5.43 Å². The van der Waals surface area contributed by atoms with Crippen LogP contribution in [0.1, 0.15) is 19.8 Å². The lowest BCUT2D eigenvalue weighted by Crippen LogP contribution is -2.05. The summed E-state index contributed by atoms with van der Waals surface area (Å²) in [6.45, 7) is 2.85. The molecule has 0 amide bonds. The molecule has 0 rings (SSSR count). The monoisotopic (exact) mass is 114 g/mol. The molecule has 0 aromatic carbocycles. The van der Waals surface area contributed by atoms with E-state index in [1.165, 1.54) is 6.08 Å². The summed E-state index contributed by atoms with van der Waals surface area (Å²) in [5.41, 5.74) is 2.54. The number of hydrazone groups is 1. The Hall–Kier alpha value is -0.820. The van der Waals surface area contributed by atoms with Gasteiger partial charge in [-0.15, -0.1) is 0 Å². The van der Waals surface area contributed by atoms with Gasteiger partial charge in [0.05, 0.1) is 0 Å². The molecule has 3 heteroatoms. The van der Waals surface area contributed by atoms with E-state index in [9.17, 15) is 4.79 Å². The number of isocyanates is 1. The molecular weight excluding hydrogens is 104 g/mol. The standard InChI is InChI=1S/C5H10N2O/c1-2-3-4-6-7-5-8/h6H,2-4H2,1H3. The third-order valence-corrected chi connectivity index (χ3v) is 0.767. The van der Waals surface area contributed by atoms with Gasteiger partial charge in [-0.05, 0) is 6.42 Å². The van der Waals surface area contributed by atoms with Crippen molar-refractivity contribution in [1.29, 1.82) is 0 Å². The lowest BCUT2D eigenvalue weighted by molar-refractivity contribution is 0.555. The van der Waals surface area contributed by atoms with Gasteiger partial charge in [-0.1, -0.05) is 18.4 Å². The van der Waals surface area contributed by atoms with Crippen molar-refractivity contribution in [2.45, 2.75) is 19.8 Å². The summed E-state index contributed by atoms with van der Waals surface area (Å²) in [7, 11) is 0. The zero-order chi connectivity index (χ0) is 6.24. The van der Waals surface area contributed by atoms with E-state index >= 15 is 0 Å². The number of rotatable bonds is 4. The predicted octanol–water partition coefficient (Wildman–Crippen LogP) is 0.627. The van der Waals surface area contributed by atoms with Gasteiger partial charge in [-0.3, -0.25) is 5.43 Å². The third-order valence-electron chi connectivity index (χ3n) is 0.767. The van der Waals surface area contributed by atoms with Gasteiger partial charge in [-0.25, -0.2) is 4.79 Å². The first-order valence-electron chi connectivity index (χ1n) is 2.71. The minimum absolute atomic E-state index is 0.770. The highest BCUT2D eigenvalue weighted by Gasteiger charge is 1.76. The molecule has 0 heterocycles. The maximum absolute atomic E-state index is 9.41. The maximum Gasteiger partial charge on any atom is 0.258 e. The van der Waals surface area contributed by atoms with E-state index in [0.717, 1.165) is 19.4 Å². The zero-order valence-electron chi connectivity index (χ0n) is 4.98. The molecule has 0 aromatic rings. The Bertz CT molecular complexity index is 86.4. The SMILES string of the molecule is CCCCNN=C=O. The molecule has 0 aliphatic carbocycles. The average molecular weight is 114 g/mol. The van der Waals surface area contributed by atoms with Gasteiger partial charge in [-0.2, -0.15) is 0 Å². The van der Waals surface area contributed by atoms with Crippen LogP contribution in [-0.4, -0.2) is 12.6 Å². The molecular formula is C5H10N2O. The second-order valence-electron chi connectivity index (χ2n) is 1.46. The first-order chi connectivity index (χ1) is 3.91. The van der Waals surface area contributed by atoms with Crippen molar-refractivity contribution in [2.75, 3.05) is 6.54 Å². The molecule has 3 nitrogen and oxygen atoms in total. The van der Waals surface area contributed by atoms with Gasteiger partial charge in [0.15, 0.2) is 0 Å². The average Bonchev–Trinajstić information content (AvgIpc) is 1.81. The number of hydrogen-bond donors (Lipinski definition) is 1. The second-order valence-corrected chi connectivity index (χ2v) is 1.46. The summed E-state index contributed by atoms with van der Waals surface area (Å²) in [5, 5.41) is 3.15. The number of carbonyl (C=O) groups excluding carboxylic acids is 1. The van der Waals surface area contributed by atoms with Crippen molar-refractivity contribution in [3.05, 3.63) is 0 Å². The van der Waals surface area contributed by atoms with E-state index in [1.54, 1.807) is 0 Å².